The Morgan fingerprint density at radius 1 is 1.09 bits per heavy atom. The summed E-state index contributed by atoms with van der Waals surface area (Å²) in [5.74, 6) is -0.623. The first-order chi connectivity index (χ1) is 10.9. The molecule has 1 aliphatic rings. The van der Waals surface area contributed by atoms with Gasteiger partial charge < -0.3 is 5.32 Å². The minimum atomic E-state index is -3.73. The van der Waals surface area contributed by atoms with Crippen LogP contribution in [0.5, 0.6) is 0 Å². The quantitative estimate of drug-likeness (QED) is 0.921. The molecule has 1 aliphatic heterocycles. The number of anilines is 2. The summed E-state index contributed by atoms with van der Waals surface area (Å²) in [5.41, 5.74) is 1.99. The van der Waals surface area contributed by atoms with E-state index in [0.717, 1.165) is 5.56 Å². The van der Waals surface area contributed by atoms with Crippen molar-refractivity contribution in [2.75, 3.05) is 16.2 Å². The zero-order valence-corrected chi connectivity index (χ0v) is 13.8. The van der Waals surface area contributed by atoms with Crippen LogP contribution in [-0.4, -0.2) is 20.9 Å². The zero-order chi connectivity index (χ0) is 16.6. The Morgan fingerprint density at radius 2 is 1.74 bits per heavy atom. The number of amides is 1. The molecule has 5 nitrogen and oxygen atoms in total. The molecule has 0 unspecified atom stereocenters. The fourth-order valence-electron chi connectivity index (χ4n) is 2.55. The van der Waals surface area contributed by atoms with Crippen LogP contribution in [0, 0.1) is 12.8 Å². The number of nitrogens with one attached hydrogen (secondary N) is 1. The summed E-state index contributed by atoms with van der Waals surface area (Å²) in [4.78, 5) is 12.3. The third-order valence-corrected chi connectivity index (χ3v) is 5.72. The average Bonchev–Trinajstić information content (AvgIpc) is 2.65. The highest BCUT2D eigenvalue weighted by Gasteiger charge is 2.32. The van der Waals surface area contributed by atoms with Crippen molar-refractivity contribution in [2.24, 2.45) is 5.92 Å². The molecule has 0 saturated heterocycles. The van der Waals surface area contributed by atoms with Crippen LogP contribution >= 0.6 is 0 Å². The van der Waals surface area contributed by atoms with Crippen molar-refractivity contribution in [1.82, 2.24) is 0 Å². The maximum absolute atomic E-state index is 13.1. The van der Waals surface area contributed by atoms with Gasteiger partial charge in [-0.05, 0) is 31.2 Å². The SMILES string of the molecule is Cc1ccc(S(=O)(=O)N2C[C@@H](C)C(=O)Nc3ccccc32)cc1. The topological polar surface area (TPSA) is 66.5 Å². The fourth-order valence-corrected chi connectivity index (χ4v) is 4.12. The molecule has 0 spiro atoms. The lowest BCUT2D eigenvalue weighted by Gasteiger charge is -2.25. The smallest absolute Gasteiger partial charge is 0.264 e. The molecular formula is C17H18N2O3S. The molecule has 3 rings (SSSR count). The summed E-state index contributed by atoms with van der Waals surface area (Å²) in [7, 11) is -3.73. The van der Waals surface area contributed by atoms with Gasteiger partial charge in [0.25, 0.3) is 10.0 Å². The first kappa shape index (κ1) is 15.6. The number of nitrogens with zero attached hydrogens (tertiary/aromatic N) is 1. The summed E-state index contributed by atoms with van der Waals surface area (Å²) in [6, 6.07) is 13.7. The molecule has 1 atom stereocenters. The van der Waals surface area contributed by atoms with E-state index in [2.05, 4.69) is 5.32 Å². The molecule has 0 bridgehead atoms. The molecule has 0 radical (unpaired) electrons. The van der Waals surface area contributed by atoms with Crippen molar-refractivity contribution in [3.8, 4) is 0 Å². The monoisotopic (exact) mass is 330 g/mol. The molecule has 0 fully saturated rings. The van der Waals surface area contributed by atoms with Crippen molar-refractivity contribution in [3.63, 3.8) is 0 Å². The molecule has 0 aromatic heterocycles. The molecule has 0 saturated carbocycles. The number of sulfonamides is 1. The minimum Gasteiger partial charge on any atom is -0.324 e. The average molecular weight is 330 g/mol. The second kappa shape index (κ2) is 5.70. The predicted octanol–water partition coefficient (Wildman–Crippen LogP) is 2.78. The van der Waals surface area contributed by atoms with Crippen molar-refractivity contribution in [2.45, 2.75) is 18.7 Å². The first-order valence-electron chi connectivity index (χ1n) is 7.39. The second-order valence-corrected chi connectivity index (χ2v) is 7.62. The number of carbonyl (C=O) groups excluding carboxylic acids is 1. The Kier molecular flexibility index (Phi) is 3.85. The molecule has 0 aliphatic carbocycles. The third kappa shape index (κ3) is 2.82. The number of rotatable bonds is 2. The van der Waals surface area contributed by atoms with E-state index in [1.165, 1.54) is 4.31 Å². The number of aryl methyl sites for hydroxylation is 1. The Hall–Kier alpha value is -2.34. The minimum absolute atomic E-state index is 0.110. The summed E-state index contributed by atoms with van der Waals surface area (Å²) >= 11 is 0. The maximum Gasteiger partial charge on any atom is 0.264 e. The molecule has 1 heterocycles. The van der Waals surface area contributed by atoms with E-state index in [1.807, 2.05) is 6.92 Å². The van der Waals surface area contributed by atoms with Crippen LogP contribution in [0.15, 0.2) is 53.4 Å². The Morgan fingerprint density at radius 3 is 2.43 bits per heavy atom. The third-order valence-electron chi connectivity index (χ3n) is 3.93. The number of para-hydroxylation sites is 2. The molecule has 23 heavy (non-hydrogen) atoms. The van der Waals surface area contributed by atoms with Gasteiger partial charge in [0.15, 0.2) is 0 Å². The van der Waals surface area contributed by atoms with Gasteiger partial charge in [-0.2, -0.15) is 0 Å². The van der Waals surface area contributed by atoms with Crippen LogP contribution in [0.2, 0.25) is 0 Å². The molecular weight excluding hydrogens is 312 g/mol. The second-order valence-electron chi connectivity index (χ2n) is 5.76. The highest BCUT2D eigenvalue weighted by atomic mass is 32.2. The largest absolute Gasteiger partial charge is 0.324 e. The van der Waals surface area contributed by atoms with E-state index in [0.29, 0.717) is 11.4 Å². The molecule has 1 amide bonds. The van der Waals surface area contributed by atoms with Crippen molar-refractivity contribution in [1.29, 1.82) is 0 Å². The summed E-state index contributed by atoms with van der Waals surface area (Å²) in [6.07, 6.45) is 0. The van der Waals surface area contributed by atoms with Crippen molar-refractivity contribution >= 4 is 27.3 Å². The zero-order valence-electron chi connectivity index (χ0n) is 13.0. The summed E-state index contributed by atoms with van der Waals surface area (Å²) in [5, 5.41) is 2.79. The van der Waals surface area contributed by atoms with Gasteiger partial charge in [-0.15, -0.1) is 0 Å². The van der Waals surface area contributed by atoms with Gasteiger partial charge >= 0.3 is 0 Å². The van der Waals surface area contributed by atoms with Crippen molar-refractivity contribution < 1.29 is 13.2 Å². The summed E-state index contributed by atoms with van der Waals surface area (Å²) in [6.45, 7) is 3.74. The van der Waals surface area contributed by atoms with E-state index in [4.69, 9.17) is 0 Å². The maximum atomic E-state index is 13.1. The van der Waals surface area contributed by atoms with Crippen LogP contribution in [-0.2, 0) is 14.8 Å². The fraction of sp³-hybridized carbons (Fsp3) is 0.235. The number of benzene rings is 2. The van der Waals surface area contributed by atoms with E-state index >= 15 is 0 Å². The molecule has 120 valence electrons. The van der Waals surface area contributed by atoms with Crippen LogP contribution in [0.3, 0.4) is 0 Å². The van der Waals surface area contributed by atoms with E-state index in [-0.39, 0.29) is 17.3 Å². The van der Waals surface area contributed by atoms with E-state index in [9.17, 15) is 13.2 Å². The van der Waals surface area contributed by atoms with Gasteiger partial charge in [-0.25, -0.2) is 8.42 Å². The number of carbonyl (C=O) groups is 1. The normalized spacial score (nSPS) is 18.1. The molecule has 2 aromatic carbocycles. The predicted molar refractivity (Wildman–Crippen MR) is 89.9 cm³/mol. The molecule has 6 heteroatoms. The van der Waals surface area contributed by atoms with Crippen LogP contribution in [0.4, 0.5) is 11.4 Å². The van der Waals surface area contributed by atoms with Gasteiger partial charge in [-0.3, -0.25) is 9.10 Å². The van der Waals surface area contributed by atoms with Gasteiger partial charge in [0.1, 0.15) is 0 Å². The van der Waals surface area contributed by atoms with Gasteiger partial charge in [0, 0.05) is 6.54 Å². The van der Waals surface area contributed by atoms with Gasteiger partial charge in [-0.1, -0.05) is 36.8 Å². The van der Waals surface area contributed by atoms with Crippen LogP contribution < -0.4 is 9.62 Å². The highest BCUT2D eigenvalue weighted by molar-refractivity contribution is 7.92. The molecule has 2 aromatic rings. The lowest BCUT2D eigenvalue weighted by Crippen LogP contribution is -2.35. The van der Waals surface area contributed by atoms with Gasteiger partial charge in [0.05, 0.1) is 22.2 Å². The van der Waals surface area contributed by atoms with Crippen LogP contribution in [0.25, 0.3) is 0 Å². The standard InChI is InChI=1S/C17H18N2O3S/c1-12-7-9-14(10-8-12)23(21,22)19-11-13(2)17(20)18-15-5-3-4-6-16(15)19/h3-10,13H,11H2,1-2H3,(H,18,20)/t13-/m1/s1. The number of fused-ring (bicyclic) bond motifs is 1. The molecule has 1 N–H and O–H groups in total. The lowest BCUT2D eigenvalue weighted by atomic mass is 10.2. The van der Waals surface area contributed by atoms with Gasteiger partial charge in [0.2, 0.25) is 5.91 Å². The van der Waals surface area contributed by atoms with E-state index in [1.54, 1.807) is 55.5 Å². The lowest BCUT2D eigenvalue weighted by molar-refractivity contribution is -0.119. The Bertz CT molecular complexity index is 844. The highest BCUT2D eigenvalue weighted by Crippen LogP contribution is 2.34. The Labute approximate surface area is 136 Å². The van der Waals surface area contributed by atoms with E-state index < -0.39 is 15.9 Å². The van der Waals surface area contributed by atoms with Crippen molar-refractivity contribution in [3.05, 3.63) is 54.1 Å². The summed E-state index contributed by atoms with van der Waals surface area (Å²) < 4.78 is 27.4. The number of hydrogen-bond acceptors (Lipinski definition) is 3. The Balaban J connectivity index is 2.13. The number of hydrogen-bond donors (Lipinski definition) is 1. The van der Waals surface area contributed by atoms with Crippen LogP contribution in [0.1, 0.15) is 12.5 Å². The first-order valence-corrected chi connectivity index (χ1v) is 8.83.